The van der Waals surface area contributed by atoms with Crippen molar-refractivity contribution in [3.8, 4) is 0 Å². The van der Waals surface area contributed by atoms with E-state index in [1.807, 2.05) is 0 Å². The van der Waals surface area contributed by atoms with Crippen molar-refractivity contribution in [1.82, 2.24) is 10.2 Å². The average Bonchev–Trinajstić information content (AvgIpc) is 1.93. The fourth-order valence-corrected chi connectivity index (χ4v) is 0.696. The van der Waals surface area contributed by atoms with Gasteiger partial charge in [-0.3, -0.25) is 0 Å². The lowest BCUT2D eigenvalue weighted by atomic mass is 10.5. The van der Waals surface area contributed by atoms with Gasteiger partial charge in [0.2, 0.25) is 5.96 Å². The van der Waals surface area contributed by atoms with Crippen molar-refractivity contribution in [2.45, 2.75) is 13.1 Å². The van der Waals surface area contributed by atoms with Crippen LogP contribution in [0.1, 0.15) is 15.1 Å². The first-order valence-corrected chi connectivity index (χ1v) is 3.00. The van der Waals surface area contributed by atoms with E-state index in [1.165, 1.54) is 0 Å². The van der Waals surface area contributed by atoms with Crippen molar-refractivity contribution in [2.75, 3.05) is 14.0 Å². The van der Waals surface area contributed by atoms with Crippen LogP contribution in [0.5, 0.6) is 0 Å². The Hall–Kier alpha value is -0.970. The van der Waals surface area contributed by atoms with E-state index in [9.17, 15) is 0 Å². The third kappa shape index (κ3) is 2.58. The Morgan fingerprint density at radius 3 is 2.83 bits per heavy atom. The summed E-state index contributed by atoms with van der Waals surface area (Å²) in [6, 6.07) is 0. The molecule has 5 nitrogen and oxygen atoms in total. The Kier molecular flexibility index (Phi) is 1.50. The zero-order valence-electron chi connectivity index (χ0n) is 12.4. The predicted molar refractivity (Wildman–Crippen MR) is 52.6 cm³/mol. The van der Waals surface area contributed by atoms with Gasteiger partial charge in [0.05, 0.1) is 0 Å². The number of guanidine groups is 2. The normalized spacial score (nSPS) is 30.9. The average molecular weight is 198 g/mol. The summed E-state index contributed by atoms with van der Waals surface area (Å²) in [5.41, 5.74) is 5.40. The van der Waals surface area contributed by atoms with Crippen LogP contribution in [0.15, 0.2) is 9.98 Å². The molecule has 3 N–H and O–H groups in total. The van der Waals surface area contributed by atoms with E-state index in [0.29, 0.717) is 0 Å². The molecule has 0 aromatic carbocycles. The highest BCUT2D eigenvalue weighted by Gasteiger charge is 2.10. The van der Waals surface area contributed by atoms with Crippen molar-refractivity contribution in [1.29, 1.82) is 0 Å². The van der Waals surface area contributed by atoms with Gasteiger partial charge >= 0.3 is 0 Å². The molecule has 0 spiro atoms. The van der Waals surface area contributed by atoms with Gasteiger partial charge in [0.15, 0.2) is 5.96 Å². The molecule has 0 saturated carbocycles. The zero-order chi connectivity index (χ0) is 13.4. The fraction of sp³-hybridized carbons (Fsp3) is 0.667. The lowest BCUT2D eigenvalue weighted by Gasteiger charge is -2.20. The van der Waals surface area contributed by atoms with Crippen LogP contribution in [-0.2, 0) is 0 Å². The number of hydrogen-bond acceptors (Lipinski definition) is 5. The van der Waals surface area contributed by atoms with Crippen molar-refractivity contribution in [3.05, 3.63) is 0 Å². The van der Waals surface area contributed by atoms with Gasteiger partial charge in [-0.1, -0.05) is 0 Å². The minimum absolute atomic E-state index is 0. The molecule has 1 atom stereocenters. The van der Waals surface area contributed by atoms with E-state index in [1.54, 1.807) is 6.92 Å². The van der Waals surface area contributed by atoms with Crippen LogP contribution in [-0.4, -0.2) is 36.9 Å². The topological polar surface area (TPSA) is 66.0 Å². The van der Waals surface area contributed by atoms with E-state index in [2.05, 4.69) is 15.3 Å². The van der Waals surface area contributed by atoms with E-state index < -0.39 is 26.1 Å². The number of nitrogens with zero attached hydrogens (tertiary/aromatic N) is 3. The van der Waals surface area contributed by atoms with Crippen LogP contribution in [0.2, 0.25) is 0 Å². The molecule has 0 bridgehead atoms. The Morgan fingerprint density at radius 2 is 2.33 bits per heavy atom. The number of halogens is 1. The molecule has 0 radical (unpaired) electrons. The van der Waals surface area contributed by atoms with Gasteiger partial charge in [-0.25, -0.2) is 4.99 Å². The predicted octanol–water partition coefficient (Wildman–Crippen LogP) is -0.410. The van der Waals surface area contributed by atoms with E-state index in [4.69, 9.17) is 14.0 Å². The van der Waals surface area contributed by atoms with Gasteiger partial charge in [0, 0.05) is 22.2 Å². The molecular weight excluding hydrogens is 178 g/mol. The highest BCUT2D eigenvalue weighted by Crippen LogP contribution is 1.96. The summed E-state index contributed by atoms with van der Waals surface area (Å²) >= 11 is 0. The third-order valence-electron chi connectivity index (χ3n) is 1.09. The maximum Gasteiger partial charge on any atom is 0.225 e. The molecular formula is C6H14ClN5. The SMILES string of the molecule is Cl.[2H]C([2H])([2H])N(C1=N[C@H](C)NC(N)=N1)C([2H])([2H])[2H]. The van der Waals surface area contributed by atoms with E-state index >= 15 is 0 Å². The van der Waals surface area contributed by atoms with Crippen LogP contribution in [0.25, 0.3) is 0 Å². The number of aliphatic imine (C=N–C) groups is 2. The minimum Gasteiger partial charge on any atom is -0.370 e. The van der Waals surface area contributed by atoms with Crippen LogP contribution in [0.3, 0.4) is 0 Å². The Bertz CT molecular complexity index is 346. The molecule has 1 rings (SSSR count). The number of hydrogen-bond donors (Lipinski definition) is 2. The van der Waals surface area contributed by atoms with E-state index in [-0.39, 0.29) is 23.3 Å². The van der Waals surface area contributed by atoms with E-state index in [0.717, 1.165) is 0 Å². The van der Waals surface area contributed by atoms with Gasteiger partial charge in [-0.05, 0) is 6.92 Å². The molecule has 0 aromatic rings. The summed E-state index contributed by atoms with van der Waals surface area (Å²) in [5.74, 6) is -0.491. The van der Waals surface area contributed by atoms with Gasteiger partial charge in [-0.2, -0.15) is 4.99 Å². The molecule has 1 heterocycles. The van der Waals surface area contributed by atoms with Crippen LogP contribution in [0.4, 0.5) is 0 Å². The summed E-state index contributed by atoms with van der Waals surface area (Å²) < 4.78 is 43.2. The second-order valence-corrected chi connectivity index (χ2v) is 2.08. The molecule has 0 amide bonds. The third-order valence-corrected chi connectivity index (χ3v) is 1.09. The first-order valence-electron chi connectivity index (χ1n) is 6.00. The van der Waals surface area contributed by atoms with Crippen molar-refractivity contribution >= 4 is 24.3 Å². The molecule has 0 aromatic heterocycles. The summed E-state index contributed by atoms with van der Waals surface area (Å²) in [6.45, 7) is -4.14. The Morgan fingerprint density at radius 1 is 1.67 bits per heavy atom. The molecule has 0 unspecified atom stereocenters. The second kappa shape index (κ2) is 4.15. The van der Waals surface area contributed by atoms with Gasteiger partial charge in [-0.15, -0.1) is 12.4 Å². The summed E-state index contributed by atoms with van der Waals surface area (Å²) in [4.78, 5) is 7.61. The molecule has 1 aliphatic rings. The van der Waals surface area contributed by atoms with Gasteiger partial charge in [0.1, 0.15) is 6.17 Å². The number of nitrogens with two attached hydrogens (primary N) is 1. The molecule has 12 heavy (non-hydrogen) atoms. The monoisotopic (exact) mass is 197 g/mol. The highest BCUT2D eigenvalue weighted by molar-refractivity contribution is 5.95. The highest BCUT2D eigenvalue weighted by atomic mass is 35.5. The minimum atomic E-state index is -2.87. The summed E-state index contributed by atoms with van der Waals surface area (Å²) in [7, 11) is 0. The number of rotatable bonds is 0. The van der Waals surface area contributed by atoms with Gasteiger partial charge < -0.3 is 16.0 Å². The molecule has 0 aliphatic carbocycles. The fourth-order valence-electron chi connectivity index (χ4n) is 0.696. The van der Waals surface area contributed by atoms with Crippen LogP contribution < -0.4 is 11.1 Å². The maximum absolute atomic E-state index is 7.20. The Balaban J connectivity index is 0.00000289. The van der Waals surface area contributed by atoms with Crippen LogP contribution >= 0.6 is 12.4 Å². The smallest absolute Gasteiger partial charge is 0.225 e. The second-order valence-electron chi connectivity index (χ2n) is 2.08. The molecule has 0 fully saturated rings. The first-order chi connectivity index (χ1) is 7.51. The Labute approximate surface area is 86.6 Å². The summed E-state index contributed by atoms with van der Waals surface area (Å²) in [6.07, 6.45) is -0.533. The lowest BCUT2D eigenvalue weighted by Crippen LogP contribution is -2.43. The maximum atomic E-state index is 7.20. The largest absolute Gasteiger partial charge is 0.370 e. The quantitative estimate of drug-likeness (QED) is 0.555. The van der Waals surface area contributed by atoms with Crippen molar-refractivity contribution < 1.29 is 8.22 Å². The summed E-state index contributed by atoms with van der Waals surface area (Å²) in [5, 5.41) is 2.61. The van der Waals surface area contributed by atoms with Crippen molar-refractivity contribution in [3.63, 3.8) is 0 Å². The zero-order valence-corrected chi connectivity index (χ0v) is 7.22. The number of nitrogens with one attached hydrogen (secondary N) is 1. The standard InChI is InChI=1S/C6H13N5.ClH/c1-4-8-5(7)10-6(9-4)11(2)3;/h4H,1-3H3,(H3,7,8,9,10);1H/t4-;/m1./s1/i2D3,3D3;. The molecule has 6 heteroatoms. The first kappa shape index (κ1) is 4.32. The molecule has 70 valence electrons. The molecule has 0 saturated heterocycles. The van der Waals surface area contributed by atoms with Crippen molar-refractivity contribution in [2.24, 2.45) is 15.7 Å². The lowest BCUT2D eigenvalue weighted by molar-refractivity contribution is 0.579. The van der Waals surface area contributed by atoms with Crippen LogP contribution in [0, 0.1) is 0 Å². The van der Waals surface area contributed by atoms with Gasteiger partial charge in [0.25, 0.3) is 0 Å². The molecule has 1 aliphatic heterocycles.